The summed E-state index contributed by atoms with van der Waals surface area (Å²) in [5.74, 6) is 0. The largest absolute Gasteiger partial charge is 0.394 e. The van der Waals surface area contributed by atoms with E-state index in [-0.39, 0.29) is 46.7 Å². The van der Waals surface area contributed by atoms with E-state index in [2.05, 4.69) is 9.47 Å². The summed E-state index contributed by atoms with van der Waals surface area (Å²) in [6.45, 7) is 0.696. The van der Waals surface area contributed by atoms with Crippen molar-refractivity contribution < 1.29 is 36.2 Å². The zero-order chi connectivity index (χ0) is 8.24. The summed E-state index contributed by atoms with van der Waals surface area (Å²) in [7, 11) is 3.25. The average molecular weight is 292 g/mol. The van der Waals surface area contributed by atoms with Crippen LogP contribution in [0.15, 0.2) is 0 Å². The van der Waals surface area contributed by atoms with E-state index in [4.69, 9.17) is 10.2 Å². The van der Waals surface area contributed by atoms with Crippen molar-refractivity contribution in [3.05, 3.63) is 0 Å². The molecule has 0 aliphatic rings. The molecule has 0 saturated heterocycles. The summed E-state index contributed by atoms with van der Waals surface area (Å²) >= 11 is 0. The van der Waals surface area contributed by atoms with E-state index in [1.165, 1.54) is 0 Å². The van der Waals surface area contributed by atoms with Crippen molar-refractivity contribution in [1.29, 1.82) is 0 Å². The van der Waals surface area contributed by atoms with Crippen molar-refractivity contribution in [3.63, 3.8) is 0 Å². The van der Waals surface area contributed by atoms with Crippen LogP contribution in [0.25, 0.3) is 0 Å². The second-order valence-electron chi connectivity index (χ2n) is 1.47. The molecular formula is C6H17BrNiO4. The first kappa shape index (κ1) is 23.0. The zero-order valence-electron chi connectivity index (χ0n) is 7.26. The second-order valence-corrected chi connectivity index (χ2v) is 1.47. The fourth-order valence-electron chi connectivity index (χ4n) is 0.231. The topological polar surface area (TPSA) is 58.9 Å². The summed E-state index contributed by atoms with van der Waals surface area (Å²) in [5, 5.41) is 16.2. The molecule has 0 heterocycles. The Kier molecular flexibility index (Phi) is 57.1. The number of ether oxygens (including phenoxy) is 2. The van der Waals surface area contributed by atoms with Gasteiger partial charge in [0.15, 0.2) is 0 Å². The third-order valence-electron chi connectivity index (χ3n) is 0.471. The average Bonchev–Trinajstić information content (AvgIpc) is 1.91. The molecule has 0 rings (SSSR count). The Labute approximate surface area is 93.9 Å². The first-order valence-electron chi connectivity index (χ1n) is 3.03. The predicted molar refractivity (Wildman–Crippen MR) is 48.2 cm³/mol. The molecule has 12 heavy (non-hydrogen) atoms. The molecule has 2 N–H and O–H groups in total. The quantitative estimate of drug-likeness (QED) is 0.558. The van der Waals surface area contributed by atoms with Gasteiger partial charge < -0.3 is 19.7 Å². The van der Waals surface area contributed by atoms with Crippen molar-refractivity contribution in [1.82, 2.24) is 0 Å². The van der Waals surface area contributed by atoms with Gasteiger partial charge in [0.2, 0.25) is 0 Å². The number of halogens is 1. The van der Waals surface area contributed by atoms with Crippen LogP contribution in [0, 0.1) is 0 Å². The van der Waals surface area contributed by atoms with Gasteiger partial charge in [-0.25, -0.2) is 0 Å². The molecule has 0 fully saturated rings. The number of hydrogen-bond donors (Lipinski definition) is 2. The minimum Gasteiger partial charge on any atom is -0.394 e. The van der Waals surface area contributed by atoms with Crippen LogP contribution < -0.4 is 0 Å². The van der Waals surface area contributed by atoms with Crippen LogP contribution in [0.2, 0.25) is 0 Å². The molecule has 0 aliphatic heterocycles. The molecule has 0 spiro atoms. The number of aliphatic hydroxyl groups is 2. The number of aliphatic hydroxyl groups excluding tert-OH is 2. The SMILES string of the molecule is Br.COC.OCCOCCO.[Ni]. The van der Waals surface area contributed by atoms with E-state index in [1.807, 2.05) is 0 Å². The molecule has 0 saturated carbocycles. The van der Waals surface area contributed by atoms with Crippen molar-refractivity contribution in [3.8, 4) is 0 Å². The normalized spacial score (nSPS) is 7.00. The third kappa shape index (κ3) is 44.9. The van der Waals surface area contributed by atoms with E-state index in [0.717, 1.165) is 0 Å². The zero-order valence-corrected chi connectivity index (χ0v) is 9.96. The molecule has 0 aliphatic carbocycles. The van der Waals surface area contributed by atoms with Gasteiger partial charge in [0.05, 0.1) is 26.4 Å². The number of rotatable bonds is 4. The molecule has 0 aromatic heterocycles. The van der Waals surface area contributed by atoms with E-state index < -0.39 is 0 Å². The molecule has 0 amide bonds. The van der Waals surface area contributed by atoms with E-state index in [1.54, 1.807) is 14.2 Å². The Morgan fingerprint density at radius 3 is 1.42 bits per heavy atom. The molecule has 0 aromatic carbocycles. The third-order valence-corrected chi connectivity index (χ3v) is 0.471. The molecule has 4 nitrogen and oxygen atoms in total. The minimum absolute atomic E-state index is 0. The Bertz CT molecular complexity index is 46.5. The smallest absolute Gasteiger partial charge is 0.0698 e. The molecule has 6 heteroatoms. The standard InChI is InChI=1S/C4H10O3.C2H6O.BrH.Ni/c5-1-3-7-4-2-6;1-3-2;;/h5-6H,1-4H2;1-2H3;1H;. The van der Waals surface area contributed by atoms with Crippen LogP contribution in [0.1, 0.15) is 0 Å². The molecule has 0 radical (unpaired) electrons. The van der Waals surface area contributed by atoms with Gasteiger partial charge in [-0.05, 0) is 0 Å². The predicted octanol–water partition coefficient (Wildman–Crippen LogP) is -0.174. The van der Waals surface area contributed by atoms with Gasteiger partial charge in [-0.15, -0.1) is 17.0 Å². The summed E-state index contributed by atoms with van der Waals surface area (Å²) in [6, 6.07) is 0. The fraction of sp³-hybridized carbons (Fsp3) is 1.00. The maximum absolute atomic E-state index is 8.09. The summed E-state index contributed by atoms with van der Waals surface area (Å²) in [6.07, 6.45) is 0. The van der Waals surface area contributed by atoms with Crippen LogP contribution in [-0.4, -0.2) is 50.9 Å². The van der Waals surface area contributed by atoms with Crippen LogP contribution in [0.4, 0.5) is 0 Å². The van der Waals surface area contributed by atoms with Crippen molar-refractivity contribution in [2.45, 2.75) is 0 Å². The van der Waals surface area contributed by atoms with Crippen molar-refractivity contribution >= 4 is 17.0 Å². The van der Waals surface area contributed by atoms with Crippen molar-refractivity contribution in [2.75, 3.05) is 40.6 Å². The van der Waals surface area contributed by atoms with Gasteiger partial charge in [-0.1, -0.05) is 0 Å². The Balaban J connectivity index is -0.0000000569. The Morgan fingerprint density at radius 2 is 1.25 bits per heavy atom. The molecular weight excluding hydrogens is 275 g/mol. The van der Waals surface area contributed by atoms with Gasteiger partial charge in [-0.2, -0.15) is 0 Å². The number of hydrogen-bond acceptors (Lipinski definition) is 4. The van der Waals surface area contributed by atoms with Crippen LogP contribution in [-0.2, 0) is 26.0 Å². The fourth-order valence-corrected chi connectivity index (χ4v) is 0.231. The monoisotopic (exact) mass is 290 g/mol. The number of methoxy groups -OCH3 is 1. The van der Waals surface area contributed by atoms with Crippen LogP contribution in [0.3, 0.4) is 0 Å². The van der Waals surface area contributed by atoms with E-state index in [0.29, 0.717) is 13.2 Å². The molecule has 82 valence electrons. The van der Waals surface area contributed by atoms with E-state index in [9.17, 15) is 0 Å². The van der Waals surface area contributed by atoms with Crippen LogP contribution in [0.5, 0.6) is 0 Å². The Hall–Kier alpha value is 0.814. The van der Waals surface area contributed by atoms with Gasteiger partial charge in [0, 0.05) is 30.7 Å². The first-order chi connectivity index (χ1) is 4.83. The molecule has 0 atom stereocenters. The summed E-state index contributed by atoms with van der Waals surface area (Å²) in [4.78, 5) is 0. The Morgan fingerprint density at radius 1 is 1.00 bits per heavy atom. The molecule has 0 bridgehead atoms. The summed E-state index contributed by atoms with van der Waals surface area (Å²) < 4.78 is 8.88. The van der Waals surface area contributed by atoms with Gasteiger partial charge >= 0.3 is 0 Å². The van der Waals surface area contributed by atoms with Gasteiger partial charge in [-0.3, -0.25) is 0 Å². The minimum atomic E-state index is 0. The van der Waals surface area contributed by atoms with Gasteiger partial charge in [0.1, 0.15) is 0 Å². The maximum Gasteiger partial charge on any atom is 0.0698 e. The molecule has 0 unspecified atom stereocenters. The maximum atomic E-state index is 8.09. The molecule has 0 aromatic rings. The first-order valence-corrected chi connectivity index (χ1v) is 3.03. The van der Waals surface area contributed by atoms with Gasteiger partial charge in [0.25, 0.3) is 0 Å². The van der Waals surface area contributed by atoms with E-state index >= 15 is 0 Å². The van der Waals surface area contributed by atoms with Crippen LogP contribution >= 0.6 is 17.0 Å². The second kappa shape index (κ2) is 29.8. The summed E-state index contributed by atoms with van der Waals surface area (Å²) in [5.41, 5.74) is 0. The van der Waals surface area contributed by atoms with Crippen molar-refractivity contribution in [2.24, 2.45) is 0 Å².